The van der Waals surface area contributed by atoms with E-state index in [4.69, 9.17) is 4.42 Å². The highest BCUT2D eigenvalue weighted by molar-refractivity contribution is 6.21. The van der Waals surface area contributed by atoms with E-state index >= 15 is 0 Å². The lowest BCUT2D eigenvalue weighted by molar-refractivity contribution is 0.504. The highest BCUT2D eigenvalue weighted by Crippen LogP contribution is 2.64. The third-order valence-corrected chi connectivity index (χ3v) is 17.4. The van der Waals surface area contributed by atoms with Crippen LogP contribution in [0.25, 0.3) is 66.5 Å². The molecule has 2 nitrogen and oxygen atoms in total. The molecule has 0 N–H and O–H groups in total. The largest absolute Gasteiger partial charge is 0.455 e. The molecule has 4 aliphatic rings. The van der Waals surface area contributed by atoms with Crippen LogP contribution in [-0.4, -0.2) is 0 Å². The van der Waals surface area contributed by atoms with Crippen LogP contribution in [0.4, 0.5) is 11.4 Å². The van der Waals surface area contributed by atoms with Gasteiger partial charge in [-0.3, -0.25) is 0 Å². The van der Waals surface area contributed by atoms with Gasteiger partial charge in [-0.1, -0.05) is 178 Å². The molecule has 0 saturated carbocycles. The van der Waals surface area contributed by atoms with Crippen molar-refractivity contribution in [2.75, 3.05) is 4.90 Å². The Morgan fingerprint density at radius 1 is 0.676 bits per heavy atom. The topological polar surface area (TPSA) is 16.4 Å². The number of benzene rings is 7. The Hall–Kier alpha value is -6.90. The molecule has 2 heteroatoms. The summed E-state index contributed by atoms with van der Waals surface area (Å²) >= 11 is 0. The number of fused-ring (bicyclic) bond motifs is 15. The first kappa shape index (κ1) is 45.3. The average Bonchev–Trinajstić information content (AvgIpc) is 4.00. The lowest BCUT2D eigenvalue weighted by Gasteiger charge is -2.36. The highest BCUT2D eigenvalue weighted by Gasteiger charge is 2.49. The predicted octanol–water partition coefficient (Wildman–Crippen LogP) is 19.3. The fourth-order valence-electron chi connectivity index (χ4n) is 13.7. The van der Waals surface area contributed by atoms with Gasteiger partial charge in [0.2, 0.25) is 0 Å². The monoisotopic (exact) mass is 926 g/mol. The first-order valence-electron chi connectivity index (χ1n) is 26.0. The fraction of sp³-hybridized carbons (Fsp3) is 0.275. The first-order valence-corrected chi connectivity index (χ1v) is 26.0. The summed E-state index contributed by atoms with van der Waals surface area (Å²) in [5.41, 5.74) is 30.4. The summed E-state index contributed by atoms with van der Waals surface area (Å²) in [6.07, 6.45) is 9.86. The molecule has 0 bridgehead atoms. The Labute approximate surface area is 422 Å². The van der Waals surface area contributed by atoms with Crippen LogP contribution < -0.4 is 4.90 Å². The summed E-state index contributed by atoms with van der Waals surface area (Å²) in [7, 11) is 0. The second-order valence-corrected chi connectivity index (χ2v) is 23.6. The van der Waals surface area contributed by atoms with Gasteiger partial charge in [-0.05, 0) is 176 Å². The van der Waals surface area contributed by atoms with Gasteiger partial charge in [-0.15, -0.1) is 0 Å². The molecule has 0 fully saturated rings. The van der Waals surface area contributed by atoms with Crippen LogP contribution in [0.2, 0.25) is 0 Å². The normalized spacial score (nSPS) is 16.8. The van der Waals surface area contributed by atoms with E-state index in [1.165, 1.54) is 128 Å². The van der Waals surface area contributed by atoms with Crippen molar-refractivity contribution < 1.29 is 4.42 Å². The smallest absolute Gasteiger partial charge is 0.144 e. The van der Waals surface area contributed by atoms with Gasteiger partial charge in [0.05, 0.1) is 0 Å². The Kier molecular flexibility index (Phi) is 9.91. The van der Waals surface area contributed by atoms with Crippen LogP contribution in [-0.2, 0) is 22.7 Å². The second-order valence-electron chi connectivity index (χ2n) is 23.6. The summed E-state index contributed by atoms with van der Waals surface area (Å²) in [6, 6.07) is 45.8. The summed E-state index contributed by atoms with van der Waals surface area (Å²) in [5, 5.41) is 2.43. The van der Waals surface area contributed by atoms with E-state index in [2.05, 4.69) is 234 Å². The average molecular weight is 926 g/mol. The van der Waals surface area contributed by atoms with E-state index < -0.39 is 0 Å². The van der Waals surface area contributed by atoms with E-state index in [-0.39, 0.29) is 21.7 Å². The molecule has 0 aliphatic heterocycles. The minimum absolute atomic E-state index is 0.0609. The molecule has 71 heavy (non-hydrogen) atoms. The minimum atomic E-state index is -0.306. The zero-order valence-corrected chi connectivity index (χ0v) is 44.0. The van der Waals surface area contributed by atoms with Crippen molar-refractivity contribution in [1.82, 2.24) is 0 Å². The number of furan rings is 1. The third-order valence-electron chi connectivity index (χ3n) is 17.4. The van der Waals surface area contributed by atoms with Crippen LogP contribution in [0.15, 0.2) is 162 Å². The fourth-order valence-corrected chi connectivity index (χ4v) is 13.7. The highest BCUT2D eigenvalue weighted by atomic mass is 16.3. The maximum absolute atomic E-state index is 7.02. The molecule has 0 saturated heterocycles. The van der Waals surface area contributed by atoms with Gasteiger partial charge in [-0.2, -0.15) is 0 Å². The number of hydrogen-bond donors (Lipinski definition) is 0. The van der Waals surface area contributed by atoms with E-state index in [0.717, 1.165) is 36.0 Å². The molecule has 354 valence electrons. The molecule has 1 heterocycles. The molecule has 0 amide bonds. The summed E-state index contributed by atoms with van der Waals surface area (Å²) in [4.78, 5) is 2.65. The van der Waals surface area contributed by atoms with Crippen molar-refractivity contribution in [3.8, 4) is 33.4 Å². The zero-order chi connectivity index (χ0) is 49.7. The van der Waals surface area contributed by atoms with Crippen LogP contribution >= 0.6 is 0 Å². The van der Waals surface area contributed by atoms with Gasteiger partial charge in [0.25, 0.3) is 0 Å². The number of nitrogens with zero attached hydrogens (tertiary/aromatic N) is 1. The van der Waals surface area contributed by atoms with Crippen molar-refractivity contribution >= 4 is 44.5 Å². The molecule has 1 aromatic heterocycles. The van der Waals surface area contributed by atoms with E-state index in [1.54, 1.807) is 0 Å². The predicted molar refractivity (Wildman–Crippen MR) is 303 cm³/mol. The summed E-state index contributed by atoms with van der Waals surface area (Å²) < 4.78 is 7.02. The van der Waals surface area contributed by atoms with Crippen LogP contribution in [0.1, 0.15) is 145 Å². The minimum Gasteiger partial charge on any atom is -0.455 e. The maximum atomic E-state index is 7.02. The van der Waals surface area contributed by atoms with E-state index in [0.29, 0.717) is 0 Å². The Balaban J connectivity index is 1.07. The van der Waals surface area contributed by atoms with Crippen LogP contribution in [0.5, 0.6) is 0 Å². The SMILES string of the molecule is C=C(Cc1cc2c(c(/C(C)=C/C)c1C)-c1ccc(N(C3=C(C(C)(C)C)C=CCC3)c3ccc4c(c3)C(C)(C)c3c5c(c6oc7ccccc7c6c3-4)-c3ccccc3C5(C)C)cc1C2(C)C)c1ccccc1. The van der Waals surface area contributed by atoms with E-state index in [1.807, 2.05) is 0 Å². The second kappa shape index (κ2) is 15.5. The van der Waals surface area contributed by atoms with Gasteiger partial charge < -0.3 is 9.32 Å². The summed E-state index contributed by atoms with van der Waals surface area (Å²) in [5.74, 6) is 0. The number of rotatable bonds is 7. The van der Waals surface area contributed by atoms with Crippen molar-refractivity contribution in [1.29, 1.82) is 0 Å². The number of hydrogen-bond acceptors (Lipinski definition) is 2. The van der Waals surface area contributed by atoms with Crippen molar-refractivity contribution in [2.24, 2.45) is 5.41 Å². The molecule has 8 aromatic rings. The van der Waals surface area contributed by atoms with Gasteiger partial charge in [0.15, 0.2) is 0 Å². The molecular formula is C69H67NO. The Morgan fingerprint density at radius 2 is 1.28 bits per heavy atom. The van der Waals surface area contributed by atoms with Crippen LogP contribution in [0.3, 0.4) is 0 Å². The number of allylic oxidation sites excluding steroid dienone is 7. The first-order chi connectivity index (χ1) is 33.8. The number of anilines is 2. The van der Waals surface area contributed by atoms with Crippen molar-refractivity contribution in [2.45, 2.75) is 119 Å². The number of para-hydroxylation sites is 1. The molecular weight excluding hydrogens is 859 g/mol. The maximum Gasteiger partial charge on any atom is 0.144 e. The molecule has 12 rings (SSSR count). The molecule has 7 aromatic carbocycles. The quantitative estimate of drug-likeness (QED) is 0.158. The summed E-state index contributed by atoms with van der Waals surface area (Å²) in [6.45, 7) is 33.2. The van der Waals surface area contributed by atoms with E-state index in [9.17, 15) is 0 Å². The zero-order valence-electron chi connectivity index (χ0n) is 44.0. The molecule has 4 aliphatic carbocycles. The lowest BCUT2D eigenvalue weighted by atomic mass is 9.72. The molecule has 0 radical (unpaired) electrons. The van der Waals surface area contributed by atoms with Crippen molar-refractivity contribution in [3.63, 3.8) is 0 Å². The Bertz CT molecular complexity index is 3720. The lowest BCUT2D eigenvalue weighted by Crippen LogP contribution is -2.26. The Morgan fingerprint density at radius 3 is 1.99 bits per heavy atom. The third kappa shape index (κ3) is 6.38. The standard InChI is InChI=1S/C69H67NO/c1-14-40(2)58-42(4)44(36-41(3)43-24-16-15-17-25-43)37-55-59(58)48-34-32-45(38-53(48)67(55,8)9)70(56-30-22-21-29-52(56)66(5,6)7)46-33-35-49-54(39-46)69(12,13)63-60(49)61-50-27-19-23-31-57(50)71-65(61)62-47-26-18-20-28-51(47)68(10,11)64(62)63/h14-21,23-29,31-35,37-39H,3,22,30,36H2,1-2,4-13H3/b40-14+. The molecule has 0 atom stereocenters. The molecule has 0 unspecified atom stereocenters. The van der Waals surface area contributed by atoms with Gasteiger partial charge >= 0.3 is 0 Å². The van der Waals surface area contributed by atoms with Gasteiger partial charge in [0, 0.05) is 49.7 Å². The molecule has 0 spiro atoms. The van der Waals surface area contributed by atoms with Crippen molar-refractivity contribution in [3.05, 3.63) is 213 Å². The van der Waals surface area contributed by atoms with Crippen LogP contribution in [0, 0.1) is 12.3 Å². The van der Waals surface area contributed by atoms with Gasteiger partial charge in [-0.25, -0.2) is 0 Å². The van der Waals surface area contributed by atoms with Gasteiger partial charge in [0.1, 0.15) is 11.2 Å².